The van der Waals surface area contributed by atoms with Crippen LogP contribution >= 0.6 is 0 Å². The summed E-state index contributed by atoms with van der Waals surface area (Å²) in [4.78, 5) is 278. The zero-order chi connectivity index (χ0) is 99.7. The predicted molar refractivity (Wildman–Crippen MR) is 478 cm³/mol. The molecule has 1 aromatic carbocycles. The summed E-state index contributed by atoms with van der Waals surface area (Å²) >= 11 is 0. The number of hydrogen-bond donors (Lipinski definition) is 22. The second-order valence-corrected chi connectivity index (χ2v) is 38.1. The van der Waals surface area contributed by atoms with Gasteiger partial charge in [0.1, 0.15) is 92.6 Å². The Hall–Kier alpha value is -11.9. The van der Waals surface area contributed by atoms with Gasteiger partial charge in [-0.05, 0) is 191 Å². The number of aromatic nitrogens is 1. The lowest BCUT2D eigenvalue weighted by atomic mass is 9.91. The van der Waals surface area contributed by atoms with Crippen LogP contribution in [0.2, 0.25) is 0 Å². The van der Waals surface area contributed by atoms with Crippen molar-refractivity contribution in [2.45, 2.75) is 335 Å². The van der Waals surface area contributed by atoms with Crippen LogP contribution in [0.15, 0.2) is 30.5 Å². The van der Waals surface area contributed by atoms with E-state index < -0.39 is 255 Å². The maximum absolute atomic E-state index is 14.6. The third-order valence-corrected chi connectivity index (χ3v) is 22.3. The van der Waals surface area contributed by atoms with E-state index in [1.165, 1.54) is 130 Å². The Morgan fingerprint density at radius 3 is 1.41 bits per heavy atom. The second kappa shape index (κ2) is 47.6. The average Bonchev–Trinajstić information content (AvgIpc) is 1.60. The first-order valence-electron chi connectivity index (χ1n) is 43.7. The van der Waals surface area contributed by atoms with E-state index in [0.717, 1.165) is 16.5 Å². The van der Waals surface area contributed by atoms with Gasteiger partial charge in [0, 0.05) is 43.4 Å². The molecule has 0 spiro atoms. The fourth-order valence-electron chi connectivity index (χ4n) is 13.7. The zero-order valence-corrected chi connectivity index (χ0v) is 79.6. The molecule has 0 aliphatic carbocycles. The first kappa shape index (κ1) is 112. The van der Waals surface area contributed by atoms with E-state index in [-0.39, 0.29) is 69.7 Å². The van der Waals surface area contributed by atoms with E-state index in [1.54, 1.807) is 47.7 Å². The van der Waals surface area contributed by atoms with Crippen LogP contribution in [0.25, 0.3) is 10.9 Å². The molecule has 20 amide bonds. The van der Waals surface area contributed by atoms with Gasteiger partial charge in [0.25, 0.3) is 0 Å². The summed E-state index contributed by atoms with van der Waals surface area (Å²) in [7, 11) is 0. The van der Waals surface area contributed by atoms with Crippen molar-refractivity contribution in [3.63, 3.8) is 0 Å². The minimum Gasteiger partial charge on any atom is -0.394 e. The largest absolute Gasteiger partial charge is 0.394 e. The van der Waals surface area contributed by atoms with Gasteiger partial charge in [0.2, 0.25) is 118 Å². The molecule has 1 aliphatic heterocycles. The number of aromatic amines is 1. The van der Waals surface area contributed by atoms with Crippen molar-refractivity contribution < 1.29 is 106 Å². The van der Waals surface area contributed by atoms with Gasteiger partial charge in [0.15, 0.2) is 0 Å². The number of fused-ring (bicyclic) bond motifs is 1. The SMILES string of the molecule is CC[C@@](C)(NC(=O)[C@@H](C)NC(=O)[C@H](CO)NC(=O)C(C)(C)NC(C)=O)C(=O)N[C@@](C)(CC)C(=O)N[C@H](CCC(N)=O)C(=O)NC(C)(C)C(=O)N[C@@H](C(=O)NC(C)(C)C(=O)NCC(=O)N[C@H](CC(C)C)C(=O)NC(C)(C)C(=O)N1CCC[C@@H]1C(=O)N[C@@H](CC(C)C)C(=O)NC(C)(C)C(=O)NC(C)(C)C(=O)N[C@@H](CCC(N)=O)C(=O)N[C@@H](CO)Cc1c[nH]c2ccccc12)C(C)C. The van der Waals surface area contributed by atoms with Gasteiger partial charge in [-0.25, -0.2) is 0 Å². The number of hydrogen-bond acceptors (Lipinski definition) is 22. The number of aliphatic hydroxyl groups is 2. The molecule has 1 fully saturated rings. The van der Waals surface area contributed by atoms with E-state index >= 15 is 0 Å². The summed E-state index contributed by atoms with van der Waals surface area (Å²) in [6.45, 7) is 32.4. The number of H-pyrrole nitrogens is 1. The highest BCUT2D eigenvalue weighted by Crippen LogP contribution is 2.26. The Morgan fingerprint density at radius 1 is 0.454 bits per heavy atom. The summed E-state index contributed by atoms with van der Waals surface area (Å²) < 4.78 is 0. The third kappa shape index (κ3) is 33.2. The van der Waals surface area contributed by atoms with E-state index in [0.29, 0.717) is 6.42 Å². The van der Waals surface area contributed by atoms with Crippen molar-refractivity contribution in [2.75, 3.05) is 26.3 Å². The molecule has 0 saturated carbocycles. The predicted octanol–water partition coefficient (Wildman–Crippen LogP) is -3.06. The van der Waals surface area contributed by atoms with Crippen LogP contribution in [0, 0.1) is 17.8 Å². The number of carbonyl (C=O) groups excluding carboxylic acids is 20. The molecule has 1 aromatic heterocycles. The van der Waals surface area contributed by atoms with Gasteiger partial charge in [0.05, 0.1) is 25.8 Å². The maximum Gasteiger partial charge on any atom is 0.248 e. The molecule has 1 saturated heterocycles. The number of rotatable bonds is 51. The molecule has 43 nitrogen and oxygen atoms in total. The van der Waals surface area contributed by atoms with Gasteiger partial charge >= 0.3 is 0 Å². The average molecular weight is 1840 g/mol. The highest BCUT2D eigenvalue weighted by molar-refractivity contribution is 6.04. The molecule has 130 heavy (non-hydrogen) atoms. The topological polar surface area (TPSA) is 657 Å². The van der Waals surface area contributed by atoms with Crippen LogP contribution in [0.5, 0.6) is 0 Å². The molecule has 0 bridgehead atoms. The lowest BCUT2D eigenvalue weighted by Gasteiger charge is -2.36. The number of para-hydroxylation sites is 1. The number of nitrogens with two attached hydrogens (primary N) is 2. The van der Waals surface area contributed by atoms with Crippen LogP contribution in [0.4, 0.5) is 0 Å². The zero-order valence-electron chi connectivity index (χ0n) is 79.6. The van der Waals surface area contributed by atoms with Gasteiger partial charge in [-0.1, -0.05) is 73.6 Å². The van der Waals surface area contributed by atoms with Gasteiger partial charge in [-0.2, -0.15) is 0 Å². The lowest BCUT2D eigenvalue weighted by molar-refractivity contribution is -0.145. The number of nitrogens with zero attached hydrogens (tertiary/aromatic N) is 1. The van der Waals surface area contributed by atoms with Crippen LogP contribution < -0.4 is 102 Å². The Balaban J connectivity index is 1.68. The fraction of sp³-hybridized carbons (Fsp3) is 0.678. The molecule has 1 aliphatic rings. The maximum atomic E-state index is 14.6. The number of likely N-dealkylation sites (tertiary alicyclic amines) is 1. The number of benzene rings is 1. The Morgan fingerprint density at radius 2 is 0.900 bits per heavy atom. The van der Waals surface area contributed by atoms with E-state index in [1.807, 2.05) is 24.3 Å². The van der Waals surface area contributed by atoms with E-state index in [9.17, 15) is 106 Å². The molecule has 2 heterocycles. The highest BCUT2D eigenvalue weighted by Gasteiger charge is 2.48. The fourth-order valence-corrected chi connectivity index (χ4v) is 13.7. The molecule has 11 atom stereocenters. The van der Waals surface area contributed by atoms with Crippen molar-refractivity contribution in [1.29, 1.82) is 0 Å². The number of amides is 20. The molecule has 728 valence electrons. The molecular formula is C87H143N21O22. The number of aliphatic hydroxyl groups excluding tert-OH is 2. The molecule has 43 heteroatoms. The standard InChI is InChI=1S/C87H143N21O22/c1-25-86(23,107-78(129)87(24,26-2)105-64(115)48(9)92-66(117)58(44-110)98-73(124)81(13,14)100-49(10)111)77(128)97-55(34-36-61(89)113)67(118)101-82(15,16)75(126)99-63(47(7)8)71(122)104-80(11,12)72(123)91-42-62(114)94-56(38-45(3)4)68(119)103-85(21,22)79(130)108-37-29-32-59(108)70(121)95-57(39-46(5)6)69(120)102-84(19,20)76(127)106-83(17,18)74(125)96-54(33-35-60(88)112)65(116)93-51(43-109)40-50-41-90-53-31-28-27-30-52(50)53/h27-28,30-31,41,45-48,51,54-59,63,90,109-110H,25-26,29,32-40,42-44H2,1-24H3,(H2,88,112)(H2,89,113)(H,91,123)(H,92,117)(H,93,116)(H,94,114)(H,95,121)(H,96,125)(H,97,128)(H,98,124)(H,99,126)(H,100,111)(H,101,118)(H,102,120)(H,103,119)(H,104,122)(H,105,115)(H,106,127)(H,107,129)/t48-,51-,54+,55-,56-,57+,58+,59-,63-,86+,87-/m1/s1. The first-order chi connectivity index (χ1) is 59.8. The van der Waals surface area contributed by atoms with Crippen molar-refractivity contribution in [3.05, 3.63) is 36.0 Å². The molecule has 0 unspecified atom stereocenters. The third-order valence-electron chi connectivity index (χ3n) is 22.3. The lowest BCUT2D eigenvalue weighted by Crippen LogP contribution is -2.67. The van der Waals surface area contributed by atoms with Crippen molar-refractivity contribution in [3.8, 4) is 0 Å². The minimum absolute atomic E-state index is 0.0251. The monoisotopic (exact) mass is 1830 g/mol. The molecule has 0 radical (unpaired) electrons. The highest BCUT2D eigenvalue weighted by atomic mass is 16.3. The number of primary amides is 2. The molecule has 24 N–H and O–H groups in total. The Bertz CT molecular complexity index is 4480. The smallest absolute Gasteiger partial charge is 0.248 e. The van der Waals surface area contributed by atoms with E-state index in [4.69, 9.17) is 11.5 Å². The molecular weight excluding hydrogens is 1690 g/mol. The van der Waals surface area contributed by atoms with Gasteiger partial charge in [-0.15, -0.1) is 0 Å². The van der Waals surface area contributed by atoms with Gasteiger partial charge < -0.3 is 122 Å². The summed E-state index contributed by atoms with van der Waals surface area (Å²) in [5, 5.41) is 64.7. The van der Waals surface area contributed by atoms with Crippen LogP contribution in [-0.2, 0) is 102 Å². The summed E-state index contributed by atoms with van der Waals surface area (Å²) in [6, 6.07) is -4.43. The second-order valence-electron chi connectivity index (χ2n) is 38.1. The van der Waals surface area contributed by atoms with Crippen LogP contribution in [-0.4, -0.2) is 263 Å². The quantitative estimate of drug-likeness (QED) is 0.0313. The van der Waals surface area contributed by atoms with Crippen molar-refractivity contribution in [1.82, 2.24) is 100 Å². The Kier molecular flexibility index (Phi) is 41.1. The van der Waals surface area contributed by atoms with Crippen molar-refractivity contribution in [2.24, 2.45) is 29.2 Å². The Labute approximate surface area is 759 Å². The van der Waals surface area contributed by atoms with Crippen molar-refractivity contribution >= 4 is 129 Å². The minimum atomic E-state index is -1.91. The molecule has 3 rings (SSSR count). The summed E-state index contributed by atoms with van der Waals surface area (Å²) in [5.41, 5.74) is -1.59. The van der Waals surface area contributed by atoms with E-state index in [2.05, 4.69) is 95.4 Å². The van der Waals surface area contributed by atoms with Crippen LogP contribution in [0.1, 0.15) is 236 Å². The van der Waals surface area contributed by atoms with Crippen LogP contribution in [0.3, 0.4) is 0 Å². The normalized spacial score (nSPS) is 15.9. The summed E-state index contributed by atoms with van der Waals surface area (Å²) in [6.07, 6.45) is 0.860. The number of nitrogens with one attached hydrogen (secondary N) is 18. The number of carbonyl (C=O) groups is 20. The first-order valence-corrected chi connectivity index (χ1v) is 43.7. The van der Waals surface area contributed by atoms with Gasteiger partial charge in [-0.3, -0.25) is 95.9 Å². The molecule has 2 aromatic rings. The summed E-state index contributed by atoms with van der Waals surface area (Å²) in [5.74, 6) is -18.0.